The fourth-order valence-corrected chi connectivity index (χ4v) is 1.81. The number of nitrogens with two attached hydrogens (primary N) is 1. The number of alkyl halides is 3. The molecule has 0 aromatic heterocycles. The molecule has 1 aromatic rings. The summed E-state index contributed by atoms with van der Waals surface area (Å²) in [5.74, 6) is -0.686. The van der Waals surface area contributed by atoms with Crippen molar-refractivity contribution in [3.63, 3.8) is 0 Å². The van der Waals surface area contributed by atoms with Crippen LogP contribution in [0, 0.1) is 5.41 Å². The number of rotatable bonds is 3. The van der Waals surface area contributed by atoms with Gasteiger partial charge >= 0.3 is 6.18 Å². The summed E-state index contributed by atoms with van der Waals surface area (Å²) in [6.45, 7) is 0. The molecule has 8 heteroatoms. The minimum atomic E-state index is -4.42. The SMILES string of the molecule is N/C(=N/O)C1(C(=O)Nc2ccc(C(F)(F)F)cc2)CC1. The van der Waals surface area contributed by atoms with E-state index < -0.39 is 23.1 Å². The van der Waals surface area contributed by atoms with Gasteiger partial charge < -0.3 is 16.3 Å². The van der Waals surface area contributed by atoms with Crippen molar-refractivity contribution in [1.82, 2.24) is 0 Å². The van der Waals surface area contributed by atoms with Gasteiger partial charge in [-0.25, -0.2) is 0 Å². The number of nitrogens with one attached hydrogen (secondary N) is 1. The fraction of sp³-hybridized carbons (Fsp3) is 0.333. The highest BCUT2D eigenvalue weighted by Gasteiger charge is 2.54. The van der Waals surface area contributed by atoms with Crippen molar-refractivity contribution in [2.45, 2.75) is 19.0 Å². The van der Waals surface area contributed by atoms with Crippen LogP contribution in [0.2, 0.25) is 0 Å². The van der Waals surface area contributed by atoms with Gasteiger partial charge in [0.2, 0.25) is 5.91 Å². The number of anilines is 1. The summed E-state index contributed by atoms with van der Waals surface area (Å²) in [5.41, 5.74) is 3.82. The van der Waals surface area contributed by atoms with E-state index >= 15 is 0 Å². The van der Waals surface area contributed by atoms with E-state index in [1.165, 1.54) is 0 Å². The summed E-state index contributed by atoms with van der Waals surface area (Å²) >= 11 is 0. The molecule has 1 aliphatic carbocycles. The third-order valence-corrected chi connectivity index (χ3v) is 3.25. The van der Waals surface area contributed by atoms with Crippen molar-refractivity contribution < 1.29 is 23.2 Å². The molecular weight excluding hydrogens is 275 g/mol. The van der Waals surface area contributed by atoms with Crippen molar-refractivity contribution in [3.05, 3.63) is 29.8 Å². The van der Waals surface area contributed by atoms with E-state index in [9.17, 15) is 18.0 Å². The number of benzene rings is 1. The van der Waals surface area contributed by atoms with E-state index in [4.69, 9.17) is 10.9 Å². The lowest BCUT2D eigenvalue weighted by Gasteiger charge is -2.14. The summed E-state index contributed by atoms with van der Waals surface area (Å²) in [6.07, 6.45) is -3.54. The number of hydrogen-bond acceptors (Lipinski definition) is 3. The molecule has 0 bridgehead atoms. The van der Waals surface area contributed by atoms with E-state index in [1.54, 1.807) is 0 Å². The average molecular weight is 287 g/mol. The second kappa shape index (κ2) is 4.69. The predicted molar refractivity (Wildman–Crippen MR) is 65.1 cm³/mol. The zero-order valence-corrected chi connectivity index (χ0v) is 10.2. The Labute approximate surface area is 112 Å². The molecule has 1 aromatic carbocycles. The van der Waals surface area contributed by atoms with Crippen LogP contribution in [0.4, 0.5) is 18.9 Å². The van der Waals surface area contributed by atoms with Gasteiger partial charge in [0.05, 0.1) is 5.56 Å². The standard InChI is InChI=1S/C12H12F3N3O2/c13-12(14,15)7-1-3-8(4-2-7)17-10(19)11(5-6-11)9(16)18-20/h1-4,20H,5-6H2,(H2,16,18)(H,17,19). The maximum absolute atomic E-state index is 12.4. The molecule has 20 heavy (non-hydrogen) atoms. The van der Waals surface area contributed by atoms with Gasteiger partial charge in [-0.05, 0) is 37.1 Å². The highest BCUT2D eigenvalue weighted by Crippen LogP contribution is 2.46. The van der Waals surface area contributed by atoms with Crippen LogP contribution in [0.1, 0.15) is 18.4 Å². The second-order valence-corrected chi connectivity index (χ2v) is 4.60. The van der Waals surface area contributed by atoms with Crippen LogP contribution >= 0.6 is 0 Å². The van der Waals surface area contributed by atoms with Gasteiger partial charge in [-0.15, -0.1) is 0 Å². The van der Waals surface area contributed by atoms with Gasteiger partial charge in [-0.3, -0.25) is 4.79 Å². The van der Waals surface area contributed by atoms with Crippen LogP contribution < -0.4 is 11.1 Å². The molecule has 0 spiro atoms. The summed E-state index contributed by atoms with van der Waals surface area (Å²) in [6, 6.07) is 4.06. The zero-order chi connectivity index (χ0) is 15.0. The van der Waals surface area contributed by atoms with Gasteiger partial charge in [0.1, 0.15) is 5.41 Å². The van der Waals surface area contributed by atoms with Gasteiger partial charge in [0, 0.05) is 5.69 Å². The largest absolute Gasteiger partial charge is 0.416 e. The average Bonchev–Trinajstić information content (AvgIpc) is 3.19. The Morgan fingerprint density at radius 3 is 2.25 bits per heavy atom. The number of amides is 1. The monoisotopic (exact) mass is 287 g/mol. The lowest BCUT2D eigenvalue weighted by Crippen LogP contribution is -2.36. The minimum Gasteiger partial charge on any atom is -0.409 e. The first-order valence-electron chi connectivity index (χ1n) is 5.76. The van der Waals surface area contributed by atoms with E-state index in [1.807, 2.05) is 0 Å². The maximum atomic E-state index is 12.4. The molecule has 2 rings (SSSR count). The van der Waals surface area contributed by atoms with Crippen LogP contribution in [-0.2, 0) is 11.0 Å². The molecule has 0 radical (unpaired) electrons. The Kier molecular flexibility index (Phi) is 3.33. The molecular formula is C12H12F3N3O2. The number of oxime groups is 1. The number of amidine groups is 1. The van der Waals surface area contributed by atoms with Crippen LogP contribution in [0.25, 0.3) is 0 Å². The van der Waals surface area contributed by atoms with Gasteiger partial charge in [-0.1, -0.05) is 5.16 Å². The topological polar surface area (TPSA) is 87.7 Å². The molecule has 0 heterocycles. The summed E-state index contributed by atoms with van der Waals surface area (Å²) in [4.78, 5) is 12.0. The van der Waals surface area contributed by atoms with Crippen LogP contribution in [0.5, 0.6) is 0 Å². The van der Waals surface area contributed by atoms with Crippen molar-refractivity contribution in [1.29, 1.82) is 0 Å². The molecule has 1 saturated carbocycles. The molecule has 108 valence electrons. The first kappa shape index (κ1) is 14.2. The van der Waals surface area contributed by atoms with E-state index in [-0.39, 0.29) is 11.5 Å². The Bertz CT molecular complexity index is 548. The van der Waals surface area contributed by atoms with Crippen LogP contribution in [0.3, 0.4) is 0 Å². The first-order chi connectivity index (χ1) is 9.29. The Morgan fingerprint density at radius 1 is 1.30 bits per heavy atom. The normalized spacial score (nSPS) is 17.6. The van der Waals surface area contributed by atoms with Crippen LogP contribution in [0.15, 0.2) is 29.4 Å². The molecule has 0 atom stereocenters. The molecule has 0 aliphatic heterocycles. The van der Waals surface area contributed by atoms with Crippen molar-refractivity contribution in [3.8, 4) is 0 Å². The minimum absolute atomic E-state index is 0.193. The lowest BCUT2D eigenvalue weighted by atomic mass is 10.0. The number of carbonyl (C=O) groups is 1. The van der Waals surface area contributed by atoms with Gasteiger partial charge in [0.25, 0.3) is 0 Å². The summed E-state index contributed by atoms with van der Waals surface area (Å²) < 4.78 is 37.2. The molecule has 1 amide bonds. The number of carbonyl (C=O) groups excluding carboxylic acids is 1. The number of halogens is 3. The molecule has 4 N–H and O–H groups in total. The zero-order valence-electron chi connectivity index (χ0n) is 10.2. The Morgan fingerprint density at radius 2 is 1.85 bits per heavy atom. The first-order valence-corrected chi connectivity index (χ1v) is 5.76. The Balaban J connectivity index is 2.10. The van der Waals surface area contributed by atoms with Crippen molar-refractivity contribution >= 4 is 17.4 Å². The Hall–Kier alpha value is -2.25. The highest BCUT2D eigenvalue weighted by molar-refractivity contribution is 6.14. The third kappa shape index (κ3) is 2.54. The number of nitrogens with zero attached hydrogens (tertiary/aromatic N) is 1. The van der Waals surface area contributed by atoms with Gasteiger partial charge in [-0.2, -0.15) is 13.2 Å². The molecule has 0 unspecified atom stereocenters. The quantitative estimate of drug-likeness (QED) is 0.344. The summed E-state index contributed by atoms with van der Waals surface area (Å²) in [7, 11) is 0. The lowest BCUT2D eigenvalue weighted by molar-refractivity contribution is -0.137. The third-order valence-electron chi connectivity index (χ3n) is 3.25. The molecule has 1 fully saturated rings. The van der Waals surface area contributed by atoms with E-state index in [0.29, 0.717) is 12.8 Å². The maximum Gasteiger partial charge on any atom is 0.416 e. The predicted octanol–water partition coefficient (Wildman–Crippen LogP) is 2.17. The van der Waals surface area contributed by atoms with Crippen molar-refractivity contribution in [2.75, 3.05) is 5.32 Å². The molecule has 1 aliphatic rings. The van der Waals surface area contributed by atoms with E-state index in [2.05, 4.69) is 10.5 Å². The smallest absolute Gasteiger partial charge is 0.409 e. The van der Waals surface area contributed by atoms with Crippen LogP contribution in [-0.4, -0.2) is 17.0 Å². The summed E-state index contributed by atoms with van der Waals surface area (Å²) in [5, 5.41) is 13.9. The molecule has 5 nitrogen and oxygen atoms in total. The molecule has 0 saturated heterocycles. The highest BCUT2D eigenvalue weighted by atomic mass is 19.4. The second-order valence-electron chi connectivity index (χ2n) is 4.60. The fourth-order valence-electron chi connectivity index (χ4n) is 1.81. The van der Waals surface area contributed by atoms with E-state index in [0.717, 1.165) is 24.3 Å². The number of hydrogen-bond donors (Lipinski definition) is 3. The van der Waals surface area contributed by atoms with Crippen molar-refractivity contribution in [2.24, 2.45) is 16.3 Å². The van der Waals surface area contributed by atoms with Gasteiger partial charge in [0.15, 0.2) is 5.84 Å².